The number of nitrogens with zero attached hydrogens (tertiary/aromatic N) is 2. The molecule has 0 saturated carbocycles. The molecule has 1 aromatic heterocycles. The zero-order chi connectivity index (χ0) is 14.5. The lowest BCUT2D eigenvalue weighted by atomic mass is 10.1. The molecule has 0 atom stereocenters. The fourth-order valence-corrected chi connectivity index (χ4v) is 2.02. The summed E-state index contributed by atoms with van der Waals surface area (Å²) in [6.07, 6.45) is 6.98. The predicted octanol–water partition coefficient (Wildman–Crippen LogP) is 2.70. The Morgan fingerprint density at radius 1 is 1.40 bits per heavy atom. The fourth-order valence-electron chi connectivity index (χ4n) is 2.02. The van der Waals surface area contributed by atoms with Crippen LogP contribution in [0.1, 0.15) is 22.3 Å². The molecule has 0 aliphatic carbocycles. The number of aryl methyl sites for hydroxylation is 2. The van der Waals surface area contributed by atoms with Gasteiger partial charge in [-0.2, -0.15) is 5.10 Å². The van der Waals surface area contributed by atoms with Gasteiger partial charge in [0.2, 0.25) is 5.91 Å². The van der Waals surface area contributed by atoms with Crippen LogP contribution in [-0.2, 0) is 11.3 Å². The molecule has 1 amide bonds. The second-order valence-corrected chi connectivity index (χ2v) is 4.99. The minimum atomic E-state index is -0.0221. The van der Waals surface area contributed by atoms with Crippen molar-refractivity contribution in [2.75, 3.05) is 7.05 Å². The van der Waals surface area contributed by atoms with Gasteiger partial charge < -0.3 is 4.90 Å². The van der Waals surface area contributed by atoms with Gasteiger partial charge in [-0.25, -0.2) is 0 Å². The van der Waals surface area contributed by atoms with Crippen LogP contribution < -0.4 is 0 Å². The number of hydrogen-bond acceptors (Lipinski definition) is 2. The quantitative estimate of drug-likeness (QED) is 0.868. The van der Waals surface area contributed by atoms with Crippen LogP contribution in [-0.4, -0.2) is 28.1 Å². The molecule has 20 heavy (non-hydrogen) atoms. The molecule has 4 heteroatoms. The van der Waals surface area contributed by atoms with Crippen molar-refractivity contribution in [3.8, 4) is 0 Å². The molecule has 0 fully saturated rings. The van der Waals surface area contributed by atoms with E-state index in [1.165, 1.54) is 11.1 Å². The summed E-state index contributed by atoms with van der Waals surface area (Å²) in [4.78, 5) is 13.7. The molecular formula is C16H19N3O. The van der Waals surface area contributed by atoms with Crippen molar-refractivity contribution in [3.63, 3.8) is 0 Å². The summed E-state index contributed by atoms with van der Waals surface area (Å²) in [5.74, 6) is -0.0221. The highest BCUT2D eigenvalue weighted by Crippen LogP contribution is 2.12. The topological polar surface area (TPSA) is 49.0 Å². The molecule has 1 aromatic carbocycles. The van der Waals surface area contributed by atoms with Crippen LogP contribution in [0.4, 0.5) is 0 Å². The molecule has 4 nitrogen and oxygen atoms in total. The SMILES string of the molecule is Cc1ccc(C=CC(=O)N(C)Cc2cn[nH]c2)c(C)c1. The molecule has 2 rings (SSSR count). The highest BCUT2D eigenvalue weighted by Gasteiger charge is 2.06. The Labute approximate surface area is 119 Å². The average molecular weight is 269 g/mol. The lowest BCUT2D eigenvalue weighted by Crippen LogP contribution is -2.23. The van der Waals surface area contributed by atoms with Crippen LogP contribution in [0.2, 0.25) is 0 Å². The van der Waals surface area contributed by atoms with E-state index in [1.54, 1.807) is 30.4 Å². The van der Waals surface area contributed by atoms with Crippen molar-refractivity contribution in [2.24, 2.45) is 0 Å². The third-order valence-electron chi connectivity index (χ3n) is 3.18. The summed E-state index contributed by atoms with van der Waals surface area (Å²) >= 11 is 0. The number of aromatic amines is 1. The fraction of sp³-hybridized carbons (Fsp3) is 0.250. The van der Waals surface area contributed by atoms with Crippen molar-refractivity contribution in [1.82, 2.24) is 15.1 Å². The molecular weight excluding hydrogens is 250 g/mol. The molecule has 0 aliphatic heterocycles. The second-order valence-electron chi connectivity index (χ2n) is 4.99. The third kappa shape index (κ3) is 3.57. The van der Waals surface area contributed by atoms with Gasteiger partial charge in [-0.3, -0.25) is 9.89 Å². The number of hydrogen-bond donors (Lipinski definition) is 1. The molecule has 1 N–H and O–H groups in total. The van der Waals surface area contributed by atoms with Gasteiger partial charge in [-0.15, -0.1) is 0 Å². The van der Waals surface area contributed by atoms with E-state index in [0.29, 0.717) is 6.54 Å². The number of amides is 1. The van der Waals surface area contributed by atoms with E-state index in [0.717, 1.165) is 11.1 Å². The molecule has 0 saturated heterocycles. The number of likely N-dealkylation sites (N-methyl/N-ethyl adjacent to an activating group) is 1. The van der Waals surface area contributed by atoms with E-state index >= 15 is 0 Å². The first-order valence-electron chi connectivity index (χ1n) is 6.54. The second kappa shape index (κ2) is 6.19. The Balaban J connectivity index is 2.01. The van der Waals surface area contributed by atoms with Crippen LogP contribution in [0.3, 0.4) is 0 Å². The monoisotopic (exact) mass is 269 g/mol. The van der Waals surface area contributed by atoms with E-state index in [2.05, 4.69) is 23.2 Å². The highest BCUT2D eigenvalue weighted by molar-refractivity contribution is 5.91. The first-order valence-corrected chi connectivity index (χ1v) is 6.54. The predicted molar refractivity (Wildman–Crippen MR) is 80.0 cm³/mol. The van der Waals surface area contributed by atoms with Crippen molar-refractivity contribution < 1.29 is 4.79 Å². The first-order chi connectivity index (χ1) is 9.56. The molecule has 2 aromatic rings. The standard InChI is InChI=1S/C16H19N3O/c1-12-4-5-15(13(2)8-12)6-7-16(20)19(3)11-14-9-17-18-10-14/h4-10H,11H2,1-3H3,(H,17,18). The minimum absolute atomic E-state index is 0.0221. The Kier molecular flexibility index (Phi) is 4.35. The maximum atomic E-state index is 12.0. The summed E-state index contributed by atoms with van der Waals surface area (Å²) in [6, 6.07) is 6.19. The molecule has 0 radical (unpaired) electrons. The van der Waals surface area contributed by atoms with Gasteiger partial charge in [0.05, 0.1) is 6.20 Å². The summed E-state index contributed by atoms with van der Waals surface area (Å²) in [6.45, 7) is 4.66. The van der Waals surface area contributed by atoms with Gasteiger partial charge >= 0.3 is 0 Å². The van der Waals surface area contributed by atoms with Gasteiger partial charge in [0.25, 0.3) is 0 Å². The van der Waals surface area contributed by atoms with Crippen molar-refractivity contribution >= 4 is 12.0 Å². The average Bonchev–Trinajstić information content (AvgIpc) is 2.90. The number of H-pyrrole nitrogens is 1. The normalized spacial score (nSPS) is 10.9. The number of benzene rings is 1. The van der Waals surface area contributed by atoms with Gasteiger partial charge in [-0.1, -0.05) is 23.8 Å². The van der Waals surface area contributed by atoms with Crippen LogP contribution in [0.25, 0.3) is 6.08 Å². The summed E-state index contributed by atoms with van der Waals surface area (Å²) in [5, 5.41) is 6.61. The number of aromatic nitrogens is 2. The lowest BCUT2D eigenvalue weighted by Gasteiger charge is -2.13. The Bertz CT molecular complexity index is 615. The van der Waals surface area contributed by atoms with E-state index in [4.69, 9.17) is 0 Å². The Morgan fingerprint density at radius 3 is 2.85 bits per heavy atom. The van der Waals surface area contributed by atoms with Gasteiger partial charge in [0, 0.05) is 31.4 Å². The van der Waals surface area contributed by atoms with Gasteiger partial charge in [-0.05, 0) is 31.1 Å². The van der Waals surface area contributed by atoms with E-state index < -0.39 is 0 Å². The van der Waals surface area contributed by atoms with Crippen LogP contribution in [0.5, 0.6) is 0 Å². The zero-order valence-electron chi connectivity index (χ0n) is 12.1. The Hall–Kier alpha value is -2.36. The van der Waals surface area contributed by atoms with E-state index in [-0.39, 0.29) is 5.91 Å². The van der Waals surface area contributed by atoms with E-state index in [9.17, 15) is 4.79 Å². The van der Waals surface area contributed by atoms with Crippen molar-refractivity contribution in [2.45, 2.75) is 20.4 Å². The molecule has 1 heterocycles. The zero-order valence-corrected chi connectivity index (χ0v) is 12.1. The summed E-state index contributed by atoms with van der Waals surface area (Å²) in [5.41, 5.74) is 4.45. The van der Waals surface area contributed by atoms with Crippen LogP contribution in [0, 0.1) is 13.8 Å². The number of rotatable bonds is 4. The van der Waals surface area contributed by atoms with E-state index in [1.807, 2.05) is 25.1 Å². The molecule has 104 valence electrons. The molecule has 0 spiro atoms. The van der Waals surface area contributed by atoms with Gasteiger partial charge in [0.15, 0.2) is 0 Å². The van der Waals surface area contributed by atoms with Crippen LogP contribution >= 0.6 is 0 Å². The third-order valence-corrected chi connectivity index (χ3v) is 3.18. The molecule has 0 aliphatic rings. The maximum absolute atomic E-state index is 12.0. The molecule has 0 bridgehead atoms. The minimum Gasteiger partial charge on any atom is -0.338 e. The number of carbonyl (C=O) groups excluding carboxylic acids is 1. The lowest BCUT2D eigenvalue weighted by molar-refractivity contribution is -0.125. The maximum Gasteiger partial charge on any atom is 0.246 e. The first kappa shape index (κ1) is 14.1. The highest BCUT2D eigenvalue weighted by atomic mass is 16.2. The Morgan fingerprint density at radius 2 is 2.20 bits per heavy atom. The summed E-state index contributed by atoms with van der Waals surface area (Å²) < 4.78 is 0. The van der Waals surface area contributed by atoms with Crippen molar-refractivity contribution in [1.29, 1.82) is 0 Å². The number of carbonyl (C=O) groups is 1. The smallest absolute Gasteiger partial charge is 0.246 e. The summed E-state index contributed by atoms with van der Waals surface area (Å²) in [7, 11) is 1.78. The largest absolute Gasteiger partial charge is 0.338 e. The van der Waals surface area contributed by atoms with Crippen molar-refractivity contribution in [3.05, 3.63) is 58.9 Å². The van der Waals surface area contributed by atoms with Gasteiger partial charge in [0.1, 0.15) is 0 Å². The molecule has 0 unspecified atom stereocenters. The number of nitrogens with one attached hydrogen (secondary N) is 1. The van der Waals surface area contributed by atoms with Crippen LogP contribution in [0.15, 0.2) is 36.7 Å².